The van der Waals surface area contributed by atoms with Crippen LogP contribution in [0.2, 0.25) is 0 Å². The number of amides is 4. The van der Waals surface area contributed by atoms with E-state index >= 15 is 0 Å². The molecular weight excluding hydrogens is 385 g/mol. The zero-order chi connectivity index (χ0) is 15.0. The predicted octanol–water partition coefficient (Wildman–Crippen LogP) is 1.66. The molecule has 3 rings (SSSR count). The summed E-state index contributed by atoms with van der Waals surface area (Å²) in [5.41, 5.74) is 0.657. The van der Waals surface area contributed by atoms with Crippen LogP contribution in [0.1, 0.15) is 12.8 Å². The van der Waals surface area contributed by atoms with E-state index in [0.717, 1.165) is 21.3 Å². The fourth-order valence-electron chi connectivity index (χ4n) is 2.30. The van der Waals surface area contributed by atoms with Crippen molar-refractivity contribution in [3.05, 3.63) is 27.8 Å². The number of rotatable bonds is 4. The number of hydrogen-bond acceptors (Lipinski definition) is 3. The molecule has 1 saturated heterocycles. The van der Waals surface area contributed by atoms with Crippen molar-refractivity contribution in [1.29, 1.82) is 0 Å². The first kappa shape index (κ1) is 14.3. The van der Waals surface area contributed by atoms with Crippen LogP contribution in [0.3, 0.4) is 0 Å². The first-order valence-corrected chi connectivity index (χ1v) is 7.79. The number of halogens is 1. The minimum atomic E-state index is -0.364. The molecule has 1 saturated carbocycles. The quantitative estimate of drug-likeness (QED) is 0.619. The molecule has 0 aromatic heterocycles. The van der Waals surface area contributed by atoms with Crippen molar-refractivity contribution in [2.75, 3.05) is 18.4 Å². The number of nitrogens with one attached hydrogen (secondary N) is 1. The molecule has 1 N–H and O–H groups in total. The van der Waals surface area contributed by atoms with Crippen LogP contribution in [0.15, 0.2) is 24.3 Å². The fraction of sp³-hybridized carbons (Fsp3) is 0.357. The Morgan fingerprint density at radius 2 is 2.10 bits per heavy atom. The number of hydrogen-bond donors (Lipinski definition) is 1. The Morgan fingerprint density at radius 3 is 2.76 bits per heavy atom. The smallest absolute Gasteiger partial charge is 0.324 e. The largest absolute Gasteiger partial charge is 0.327 e. The number of carbonyl (C=O) groups excluding carboxylic acids is 3. The summed E-state index contributed by atoms with van der Waals surface area (Å²) in [6.07, 6.45) is 1.89. The van der Waals surface area contributed by atoms with E-state index < -0.39 is 0 Å². The second-order valence-corrected chi connectivity index (χ2v) is 6.43. The molecule has 0 atom stereocenters. The number of nitrogens with zero attached hydrogens (tertiary/aromatic N) is 2. The lowest BCUT2D eigenvalue weighted by atomic mass is 10.3. The van der Waals surface area contributed by atoms with Gasteiger partial charge >= 0.3 is 6.03 Å². The Bertz CT molecular complexity index is 615. The highest BCUT2D eigenvalue weighted by Gasteiger charge is 2.44. The van der Waals surface area contributed by atoms with Crippen molar-refractivity contribution < 1.29 is 14.4 Å². The van der Waals surface area contributed by atoms with Gasteiger partial charge in [0.25, 0.3) is 5.91 Å². The first-order chi connectivity index (χ1) is 10.0. The van der Waals surface area contributed by atoms with Crippen LogP contribution >= 0.6 is 22.6 Å². The third-order valence-electron chi connectivity index (χ3n) is 3.48. The third-order valence-corrected chi connectivity index (χ3v) is 4.15. The molecule has 7 heteroatoms. The first-order valence-electron chi connectivity index (χ1n) is 6.71. The lowest BCUT2D eigenvalue weighted by Gasteiger charge is -2.16. The van der Waals surface area contributed by atoms with Crippen LogP contribution in [0, 0.1) is 3.57 Å². The molecule has 110 valence electrons. The van der Waals surface area contributed by atoms with Gasteiger partial charge in [-0.1, -0.05) is 6.07 Å². The molecule has 0 unspecified atom stereocenters. The average molecular weight is 399 g/mol. The van der Waals surface area contributed by atoms with Gasteiger partial charge in [0.2, 0.25) is 5.91 Å². The molecular formula is C14H14IN3O3. The van der Waals surface area contributed by atoms with Crippen molar-refractivity contribution in [3.63, 3.8) is 0 Å². The topological polar surface area (TPSA) is 69.7 Å². The zero-order valence-corrected chi connectivity index (χ0v) is 13.4. The van der Waals surface area contributed by atoms with E-state index in [-0.39, 0.29) is 37.0 Å². The third kappa shape index (κ3) is 3.17. The molecule has 1 aromatic rings. The van der Waals surface area contributed by atoms with Crippen molar-refractivity contribution >= 4 is 46.1 Å². The number of imide groups is 1. The standard InChI is InChI=1S/C14H14IN3O3/c15-9-2-1-3-10(6-9)16-12(19)7-18-13(20)8-17(14(18)21)11-4-5-11/h1-3,6,11H,4-5,7-8H2,(H,16,19). The molecule has 1 aliphatic heterocycles. The van der Waals surface area contributed by atoms with Crippen molar-refractivity contribution in [2.24, 2.45) is 0 Å². The van der Waals surface area contributed by atoms with Gasteiger partial charge in [-0.05, 0) is 53.6 Å². The van der Waals surface area contributed by atoms with E-state index in [4.69, 9.17) is 0 Å². The van der Waals surface area contributed by atoms with Gasteiger partial charge in [-0.25, -0.2) is 4.79 Å². The predicted molar refractivity (Wildman–Crippen MR) is 84.6 cm³/mol. The molecule has 6 nitrogen and oxygen atoms in total. The van der Waals surface area contributed by atoms with Crippen LogP contribution in [-0.2, 0) is 9.59 Å². The lowest BCUT2D eigenvalue weighted by molar-refractivity contribution is -0.129. The summed E-state index contributed by atoms with van der Waals surface area (Å²) in [5, 5.41) is 2.70. The van der Waals surface area contributed by atoms with Gasteiger partial charge in [-0.2, -0.15) is 0 Å². The number of urea groups is 1. The van der Waals surface area contributed by atoms with Crippen LogP contribution in [0.4, 0.5) is 10.5 Å². The second-order valence-electron chi connectivity index (χ2n) is 5.18. The summed E-state index contributed by atoms with van der Waals surface area (Å²) in [6.45, 7) is -0.133. The van der Waals surface area contributed by atoms with E-state index in [0.29, 0.717) is 5.69 Å². The maximum absolute atomic E-state index is 12.1. The van der Waals surface area contributed by atoms with Gasteiger partial charge in [0.05, 0.1) is 0 Å². The maximum Gasteiger partial charge on any atom is 0.327 e. The van der Waals surface area contributed by atoms with Gasteiger partial charge in [0, 0.05) is 15.3 Å². The van der Waals surface area contributed by atoms with Gasteiger partial charge in [-0.3, -0.25) is 14.5 Å². The summed E-state index contributed by atoms with van der Waals surface area (Å²) in [5.74, 6) is -0.666. The second kappa shape index (κ2) is 5.63. The monoisotopic (exact) mass is 399 g/mol. The van der Waals surface area contributed by atoms with E-state index in [2.05, 4.69) is 27.9 Å². The summed E-state index contributed by atoms with van der Waals surface area (Å²) in [6, 6.07) is 7.17. The summed E-state index contributed by atoms with van der Waals surface area (Å²) in [7, 11) is 0. The molecule has 2 fully saturated rings. The minimum absolute atomic E-state index is 0.0972. The fourth-order valence-corrected chi connectivity index (χ4v) is 2.84. The highest BCUT2D eigenvalue weighted by Crippen LogP contribution is 2.30. The summed E-state index contributed by atoms with van der Waals surface area (Å²) < 4.78 is 0.999. The minimum Gasteiger partial charge on any atom is -0.324 e. The van der Waals surface area contributed by atoms with E-state index in [9.17, 15) is 14.4 Å². The average Bonchev–Trinajstić information content (AvgIpc) is 3.22. The molecule has 21 heavy (non-hydrogen) atoms. The molecule has 1 heterocycles. The van der Waals surface area contributed by atoms with E-state index in [1.165, 1.54) is 0 Å². The van der Waals surface area contributed by atoms with E-state index in [1.54, 1.807) is 11.0 Å². The van der Waals surface area contributed by atoms with E-state index in [1.807, 2.05) is 18.2 Å². The molecule has 4 amide bonds. The van der Waals surface area contributed by atoms with Crippen LogP contribution < -0.4 is 5.32 Å². The Hall–Kier alpha value is -1.64. The molecule has 1 aromatic carbocycles. The van der Waals surface area contributed by atoms with Gasteiger partial charge in [-0.15, -0.1) is 0 Å². The van der Waals surface area contributed by atoms with Crippen molar-refractivity contribution in [2.45, 2.75) is 18.9 Å². The molecule has 1 aliphatic carbocycles. The number of carbonyl (C=O) groups is 3. The van der Waals surface area contributed by atoms with Gasteiger partial charge in [0.15, 0.2) is 0 Å². The number of benzene rings is 1. The molecule has 0 bridgehead atoms. The van der Waals surface area contributed by atoms with Gasteiger partial charge < -0.3 is 10.2 Å². The lowest BCUT2D eigenvalue weighted by Crippen LogP contribution is -2.39. The Balaban J connectivity index is 1.62. The summed E-state index contributed by atoms with van der Waals surface area (Å²) in [4.78, 5) is 38.5. The molecule has 0 radical (unpaired) electrons. The van der Waals surface area contributed by atoms with Crippen LogP contribution in [-0.4, -0.2) is 46.8 Å². The Labute approximate surface area is 135 Å². The van der Waals surface area contributed by atoms with Crippen LogP contribution in [0.5, 0.6) is 0 Å². The Kier molecular flexibility index (Phi) is 3.83. The van der Waals surface area contributed by atoms with Crippen molar-refractivity contribution in [1.82, 2.24) is 9.80 Å². The zero-order valence-electron chi connectivity index (χ0n) is 11.2. The normalized spacial score (nSPS) is 18.3. The van der Waals surface area contributed by atoms with Crippen LogP contribution in [0.25, 0.3) is 0 Å². The molecule has 2 aliphatic rings. The molecule has 0 spiro atoms. The SMILES string of the molecule is O=C(CN1C(=O)CN(C2CC2)C1=O)Nc1cccc(I)c1. The Morgan fingerprint density at radius 1 is 1.33 bits per heavy atom. The summed E-state index contributed by atoms with van der Waals surface area (Å²) >= 11 is 2.15. The van der Waals surface area contributed by atoms with Crippen molar-refractivity contribution in [3.8, 4) is 0 Å². The number of anilines is 1. The van der Waals surface area contributed by atoms with Gasteiger partial charge in [0.1, 0.15) is 13.1 Å². The highest BCUT2D eigenvalue weighted by atomic mass is 127. The maximum atomic E-state index is 12.1. The highest BCUT2D eigenvalue weighted by molar-refractivity contribution is 14.1.